The van der Waals surface area contributed by atoms with Gasteiger partial charge in [-0.2, -0.15) is 5.26 Å². The second-order valence-electron chi connectivity index (χ2n) is 9.86. The van der Waals surface area contributed by atoms with E-state index >= 15 is 0 Å². The molecule has 0 aliphatic carbocycles. The molecule has 3 fully saturated rings. The van der Waals surface area contributed by atoms with Crippen molar-refractivity contribution in [1.29, 1.82) is 5.26 Å². The largest absolute Gasteiger partial charge is 0.357 e. The van der Waals surface area contributed by atoms with Crippen LogP contribution in [0.1, 0.15) is 50.3 Å². The number of carbonyl (C=O) groups excluding carboxylic acids is 1. The lowest BCUT2D eigenvalue weighted by atomic mass is 9.91. The Hall–Kier alpha value is -2.16. The highest BCUT2D eigenvalue weighted by atomic mass is 32.2. The molecule has 188 valence electrons. The first kappa shape index (κ1) is 25.9. The first-order valence-electron chi connectivity index (χ1n) is 11.9. The Kier molecular flexibility index (Phi) is 7.19. The molecule has 1 aromatic heterocycles. The molecule has 0 radical (unpaired) electrons. The van der Waals surface area contributed by atoms with Crippen molar-refractivity contribution in [1.82, 2.24) is 9.47 Å². The third-order valence-corrected chi connectivity index (χ3v) is 10.1. The molecule has 3 aliphatic heterocycles. The van der Waals surface area contributed by atoms with Gasteiger partial charge in [0, 0.05) is 25.2 Å². The molecule has 3 aliphatic rings. The number of nitriles is 1. The van der Waals surface area contributed by atoms with Crippen molar-refractivity contribution >= 4 is 55.9 Å². The Morgan fingerprint density at radius 3 is 2.43 bits per heavy atom. The Morgan fingerprint density at radius 2 is 1.89 bits per heavy atom. The van der Waals surface area contributed by atoms with Crippen LogP contribution in [0.15, 0.2) is 9.70 Å². The summed E-state index contributed by atoms with van der Waals surface area (Å²) >= 11 is 6.62. The van der Waals surface area contributed by atoms with Gasteiger partial charge in [-0.25, -0.2) is 8.42 Å². The number of piperidine rings is 1. The molecule has 0 bridgehead atoms. The summed E-state index contributed by atoms with van der Waals surface area (Å²) in [4.78, 5) is 30.6. The van der Waals surface area contributed by atoms with E-state index in [0.29, 0.717) is 45.2 Å². The van der Waals surface area contributed by atoms with E-state index in [0.717, 1.165) is 37.1 Å². The fourth-order valence-corrected chi connectivity index (χ4v) is 8.60. The maximum atomic E-state index is 13.4. The van der Waals surface area contributed by atoms with Crippen molar-refractivity contribution in [3.63, 3.8) is 0 Å². The van der Waals surface area contributed by atoms with Crippen LogP contribution in [-0.2, 0) is 21.2 Å². The van der Waals surface area contributed by atoms with Gasteiger partial charge in [-0.3, -0.25) is 19.1 Å². The number of hydrogen-bond acceptors (Lipinski definition) is 8. The minimum Gasteiger partial charge on any atom is -0.357 e. The van der Waals surface area contributed by atoms with Crippen LogP contribution in [0.5, 0.6) is 0 Å². The number of nitrogens with zero attached hydrogens (tertiary/aromatic N) is 4. The summed E-state index contributed by atoms with van der Waals surface area (Å²) < 4.78 is 26.0. The maximum Gasteiger partial charge on any atom is 0.270 e. The topological polar surface area (TPSA) is 103 Å². The molecule has 0 aromatic carbocycles. The van der Waals surface area contributed by atoms with Crippen LogP contribution in [-0.4, -0.2) is 58.7 Å². The summed E-state index contributed by atoms with van der Waals surface area (Å²) in [5, 5.41) is 9.76. The van der Waals surface area contributed by atoms with Crippen molar-refractivity contribution < 1.29 is 13.2 Å². The molecule has 35 heavy (non-hydrogen) atoms. The van der Waals surface area contributed by atoms with E-state index < -0.39 is 15.9 Å². The molecule has 4 rings (SSSR count). The van der Waals surface area contributed by atoms with Crippen LogP contribution in [0.3, 0.4) is 0 Å². The lowest BCUT2D eigenvalue weighted by molar-refractivity contribution is -0.123. The molecule has 3 unspecified atom stereocenters. The molecule has 1 amide bonds. The zero-order valence-electron chi connectivity index (χ0n) is 20.4. The van der Waals surface area contributed by atoms with E-state index in [9.17, 15) is 23.3 Å². The summed E-state index contributed by atoms with van der Waals surface area (Å²) in [5.74, 6) is 1.24. The smallest absolute Gasteiger partial charge is 0.270 e. The average molecular weight is 535 g/mol. The Balaban J connectivity index is 1.85. The molecular formula is C24H30N4O4S3. The summed E-state index contributed by atoms with van der Waals surface area (Å²) in [5.41, 5.74) is 0.951. The lowest BCUT2D eigenvalue weighted by Crippen LogP contribution is -2.43. The third-order valence-electron chi connectivity index (χ3n) is 7.00. The quantitative estimate of drug-likeness (QED) is 0.429. The van der Waals surface area contributed by atoms with Crippen LogP contribution < -0.4 is 10.5 Å². The second-order valence-corrected chi connectivity index (χ2v) is 13.8. The van der Waals surface area contributed by atoms with Crippen LogP contribution >= 0.6 is 24.0 Å². The highest BCUT2D eigenvalue weighted by Crippen LogP contribution is 2.39. The standard InChI is InChI=1S/C24H30N4O4S3/c1-5-27-21(26-11-14(2)8-15(3)12-26)18(16(4)19(10-25)22(27)29)9-20-23(30)28(24(33)34-20)17-6-7-35(31,32)13-17/h9,14-15,17H,5-8,11-13H2,1-4H3. The van der Waals surface area contributed by atoms with E-state index in [1.54, 1.807) is 17.6 Å². The number of carbonyl (C=O) groups is 1. The first-order chi connectivity index (χ1) is 16.5. The van der Waals surface area contributed by atoms with Gasteiger partial charge in [0.1, 0.15) is 21.8 Å². The predicted molar refractivity (Wildman–Crippen MR) is 143 cm³/mol. The number of sulfone groups is 1. The lowest BCUT2D eigenvalue weighted by Gasteiger charge is -2.38. The summed E-state index contributed by atoms with van der Waals surface area (Å²) in [6.07, 6.45) is 3.21. The van der Waals surface area contributed by atoms with E-state index in [1.165, 1.54) is 4.90 Å². The molecule has 4 heterocycles. The monoisotopic (exact) mass is 534 g/mol. The molecule has 0 spiro atoms. The van der Waals surface area contributed by atoms with Crippen molar-refractivity contribution in [2.45, 2.75) is 53.1 Å². The second kappa shape index (κ2) is 9.71. The summed E-state index contributed by atoms with van der Waals surface area (Å²) in [7, 11) is -3.18. The number of amides is 1. The van der Waals surface area contributed by atoms with Crippen LogP contribution in [0, 0.1) is 30.1 Å². The molecular weight excluding hydrogens is 504 g/mol. The van der Waals surface area contributed by atoms with Crippen molar-refractivity contribution in [3.05, 3.63) is 31.9 Å². The summed E-state index contributed by atoms with van der Waals surface area (Å²) in [6, 6.07) is 1.60. The van der Waals surface area contributed by atoms with E-state index in [2.05, 4.69) is 24.8 Å². The van der Waals surface area contributed by atoms with Gasteiger partial charge >= 0.3 is 0 Å². The van der Waals surface area contributed by atoms with Crippen LogP contribution in [0.2, 0.25) is 0 Å². The molecule has 3 saturated heterocycles. The first-order valence-corrected chi connectivity index (χ1v) is 14.9. The number of pyridine rings is 1. The predicted octanol–water partition coefficient (Wildman–Crippen LogP) is 2.92. The Labute approximate surface area is 215 Å². The minimum atomic E-state index is -3.18. The van der Waals surface area contributed by atoms with Gasteiger partial charge in [0.15, 0.2) is 9.84 Å². The fourth-order valence-electron chi connectivity index (χ4n) is 5.52. The molecule has 3 atom stereocenters. The Morgan fingerprint density at radius 1 is 1.23 bits per heavy atom. The van der Waals surface area contributed by atoms with Gasteiger partial charge in [0.2, 0.25) is 0 Å². The average Bonchev–Trinajstić information content (AvgIpc) is 3.26. The zero-order valence-corrected chi connectivity index (χ0v) is 22.9. The number of hydrogen-bond donors (Lipinski definition) is 0. The van der Waals surface area contributed by atoms with Crippen LogP contribution in [0.4, 0.5) is 5.82 Å². The molecule has 0 saturated carbocycles. The number of aromatic nitrogens is 1. The number of thioether (sulfide) groups is 1. The van der Waals surface area contributed by atoms with Crippen molar-refractivity contribution in [3.8, 4) is 6.07 Å². The number of anilines is 1. The highest BCUT2D eigenvalue weighted by Gasteiger charge is 2.42. The van der Waals surface area contributed by atoms with Gasteiger partial charge in [-0.15, -0.1) is 0 Å². The maximum absolute atomic E-state index is 13.4. The normalized spacial score (nSPS) is 27.6. The molecule has 8 nitrogen and oxygen atoms in total. The SMILES string of the molecule is CCn1c(N2CC(C)CC(C)C2)c(C=C2SC(=S)N(C3CCS(=O)(=O)C3)C2=O)c(C)c(C#N)c1=O. The van der Waals surface area contributed by atoms with Crippen molar-refractivity contribution in [2.75, 3.05) is 29.5 Å². The van der Waals surface area contributed by atoms with E-state index in [-0.39, 0.29) is 28.5 Å². The molecule has 11 heteroatoms. The Bertz CT molecular complexity index is 1320. The summed E-state index contributed by atoms with van der Waals surface area (Å²) in [6.45, 7) is 9.94. The van der Waals surface area contributed by atoms with Gasteiger partial charge in [-0.1, -0.05) is 37.8 Å². The number of rotatable bonds is 4. The van der Waals surface area contributed by atoms with E-state index in [1.807, 2.05) is 6.92 Å². The highest BCUT2D eigenvalue weighted by molar-refractivity contribution is 8.26. The zero-order chi connectivity index (χ0) is 25.7. The van der Waals surface area contributed by atoms with Gasteiger partial charge < -0.3 is 4.90 Å². The fraction of sp³-hybridized carbons (Fsp3) is 0.583. The number of thiocarbonyl (C=S) groups is 1. The van der Waals surface area contributed by atoms with Gasteiger partial charge in [-0.05, 0) is 50.2 Å². The molecule has 1 aromatic rings. The molecule has 0 N–H and O–H groups in total. The van der Waals surface area contributed by atoms with E-state index in [4.69, 9.17) is 12.2 Å². The third kappa shape index (κ3) is 4.80. The van der Waals surface area contributed by atoms with Gasteiger partial charge in [0.05, 0.1) is 22.5 Å². The van der Waals surface area contributed by atoms with Gasteiger partial charge in [0.25, 0.3) is 11.5 Å². The minimum absolute atomic E-state index is 0.0509. The van der Waals surface area contributed by atoms with Crippen LogP contribution in [0.25, 0.3) is 6.08 Å². The van der Waals surface area contributed by atoms with Crippen molar-refractivity contribution in [2.24, 2.45) is 11.8 Å².